The van der Waals surface area contributed by atoms with Crippen LogP contribution in [0.3, 0.4) is 0 Å². The van der Waals surface area contributed by atoms with Gasteiger partial charge in [0.25, 0.3) is 5.91 Å². The van der Waals surface area contributed by atoms with Crippen molar-refractivity contribution in [2.45, 2.75) is 19.3 Å². The maximum atomic E-state index is 12.4. The normalized spacial score (nSPS) is 17.8. The van der Waals surface area contributed by atoms with Crippen molar-refractivity contribution < 1.29 is 24.2 Å². The van der Waals surface area contributed by atoms with Gasteiger partial charge in [-0.1, -0.05) is 0 Å². The number of aliphatic carboxylic acids is 1. The Morgan fingerprint density at radius 3 is 2.62 bits per heavy atom. The van der Waals surface area contributed by atoms with Gasteiger partial charge in [0.05, 0.1) is 0 Å². The number of nitrogens with zero attached hydrogens (tertiary/aromatic N) is 1. The number of carboxylic acid groups (broad SMARTS) is 1. The van der Waals surface area contributed by atoms with Crippen LogP contribution >= 0.6 is 0 Å². The summed E-state index contributed by atoms with van der Waals surface area (Å²) in [4.78, 5) is 24.9. The van der Waals surface area contributed by atoms with Gasteiger partial charge in [-0.25, -0.2) is 0 Å². The molecule has 6 nitrogen and oxygen atoms in total. The monoisotopic (exact) mass is 291 g/mol. The van der Waals surface area contributed by atoms with Crippen molar-refractivity contribution in [3.05, 3.63) is 23.8 Å². The number of rotatable bonds is 3. The molecule has 2 heterocycles. The van der Waals surface area contributed by atoms with Crippen LogP contribution in [0.25, 0.3) is 0 Å². The summed E-state index contributed by atoms with van der Waals surface area (Å²) in [5, 5.41) is 8.80. The van der Waals surface area contributed by atoms with Crippen LogP contribution in [-0.2, 0) is 4.79 Å². The average Bonchev–Trinajstić information content (AvgIpc) is 2.94. The molecule has 2 aliphatic heterocycles. The van der Waals surface area contributed by atoms with E-state index in [1.807, 2.05) is 0 Å². The molecule has 1 aromatic carbocycles. The Morgan fingerprint density at radius 1 is 1.19 bits per heavy atom. The molecule has 1 aromatic rings. The smallest absolute Gasteiger partial charge is 0.303 e. The van der Waals surface area contributed by atoms with Crippen LogP contribution < -0.4 is 9.47 Å². The van der Waals surface area contributed by atoms with Gasteiger partial charge in [0.1, 0.15) is 0 Å². The summed E-state index contributed by atoms with van der Waals surface area (Å²) >= 11 is 0. The van der Waals surface area contributed by atoms with E-state index in [4.69, 9.17) is 14.6 Å². The van der Waals surface area contributed by atoms with Gasteiger partial charge in [0.2, 0.25) is 6.79 Å². The Balaban J connectivity index is 1.63. The molecule has 21 heavy (non-hydrogen) atoms. The summed E-state index contributed by atoms with van der Waals surface area (Å²) in [6.45, 7) is 1.39. The highest BCUT2D eigenvalue weighted by molar-refractivity contribution is 5.95. The molecule has 0 radical (unpaired) electrons. The van der Waals surface area contributed by atoms with Crippen molar-refractivity contribution in [2.75, 3.05) is 19.9 Å². The lowest BCUT2D eigenvalue weighted by atomic mass is 9.93. The van der Waals surface area contributed by atoms with E-state index in [2.05, 4.69) is 0 Å². The van der Waals surface area contributed by atoms with E-state index in [1.54, 1.807) is 23.1 Å². The zero-order valence-electron chi connectivity index (χ0n) is 11.6. The van der Waals surface area contributed by atoms with Crippen LogP contribution in [0.15, 0.2) is 18.2 Å². The Labute approximate surface area is 122 Å². The molecule has 0 aliphatic carbocycles. The number of benzene rings is 1. The average molecular weight is 291 g/mol. The fraction of sp³-hybridized carbons (Fsp3) is 0.467. The second-order valence-corrected chi connectivity index (χ2v) is 5.40. The summed E-state index contributed by atoms with van der Waals surface area (Å²) in [5.74, 6) is 0.620. The number of carboxylic acids is 1. The number of ether oxygens (including phenoxy) is 2. The first-order valence-corrected chi connectivity index (χ1v) is 7.04. The van der Waals surface area contributed by atoms with Crippen LogP contribution in [0.1, 0.15) is 29.6 Å². The van der Waals surface area contributed by atoms with Crippen LogP contribution in [0.5, 0.6) is 11.5 Å². The molecule has 1 saturated heterocycles. The van der Waals surface area contributed by atoms with E-state index in [1.165, 1.54) is 0 Å². The molecule has 1 amide bonds. The fourth-order valence-electron chi connectivity index (χ4n) is 2.80. The number of likely N-dealkylation sites (tertiary alicyclic amines) is 1. The third-order valence-corrected chi connectivity index (χ3v) is 3.98. The second-order valence-electron chi connectivity index (χ2n) is 5.40. The van der Waals surface area contributed by atoms with Crippen molar-refractivity contribution in [1.82, 2.24) is 4.90 Å². The number of hydrogen-bond donors (Lipinski definition) is 1. The van der Waals surface area contributed by atoms with Gasteiger partial charge >= 0.3 is 5.97 Å². The van der Waals surface area contributed by atoms with Gasteiger partial charge in [0.15, 0.2) is 11.5 Å². The minimum absolute atomic E-state index is 0.0397. The van der Waals surface area contributed by atoms with Gasteiger partial charge in [-0.2, -0.15) is 0 Å². The minimum atomic E-state index is -0.768. The van der Waals surface area contributed by atoms with Crippen LogP contribution in [0.2, 0.25) is 0 Å². The Bertz CT molecular complexity index is 563. The van der Waals surface area contributed by atoms with Crippen molar-refractivity contribution in [3.8, 4) is 11.5 Å². The molecule has 0 unspecified atom stereocenters. The van der Waals surface area contributed by atoms with Crippen molar-refractivity contribution in [3.63, 3.8) is 0 Å². The van der Waals surface area contributed by atoms with Crippen molar-refractivity contribution in [1.29, 1.82) is 0 Å². The van der Waals surface area contributed by atoms with E-state index >= 15 is 0 Å². The van der Waals surface area contributed by atoms with Gasteiger partial charge in [-0.3, -0.25) is 9.59 Å². The molecule has 0 spiro atoms. The lowest BCUT2D eigenvalue weighted by molar-refractivity contribution is -0.138. The standard InChI is InChI=1S/C15H17NO5/c17-14(18)7-10-3-5-16(6-4-10)15(19)11-1-2-12-13(8-11)21-9-20-12/h1-2,8,10H,3-7,9H2,(H,17,18). The van der Waals surface area contributed by atoms with Crippen LogP contribution in [-0.4, -0.2) is 41.8 Å². The quantitative estimate of drug-likeness (QED) is 0.918. The molecule has 6 heteroatoms. The minimum Gasteiger partial charge on any atom is -0.481 e. The molecule has 0 atom stereocenters. The molecule has 0 saturated carbocycles. The zero-order chi connectivity index (χ0) is 14.8. The molecule has 0 bridgehead atoms. The maximum Gasteiger partial charge on any atom is 0.303 e. The van der Waals surface area contributed by atoms with Gasteiger partial charge in [0, 0.05) is 25.1 Å². The topological polar surface area (TPSA) is 76.1 Å². The van der Waals surface area contributed by atoms with Crippen molar-refractivity contribution >= 4 is 11.9 Å². The molecule has 1 N–H and O–H groups in total. The fourth-order valence-corrected chi connectivity index (χ4v) is 2.80. The Hall–Kier alpha value is -2.24. The predicted octanol–water partition coefficient (Wildman–Crippen LogP) is 1.74. The molecule has 1 fully saturated rings. The number of fused-ring (bicyclic) bond motifs is 1. The first-order chi connectivity index (χ1) is 10.1. The molecule has 0 aromatic heterocycles. The second kappa shape index (κ2) is 5.63. The summed E-state index contributed by atoms with van der Waals surface area (Å²) in [6.07, 6.45) is 1.66. The van der Waals surface area contributed by atoms with Gasteiger partial charge in [-0.05, 0) is 37.0 Å². The Morgan fingerprint density at radius 2 is 1.90 bits per heavy atom. The zero-order valence-corrected chi connectivity index (χ0v) is 11.6. The molecule has 2 aliphatic rings. The van der Waals surface area contributed by atoms with Crippen LogP contribution in [0.4, 0.5) is 0 Å². The van der Waals surface area contributed by atoms with E-state index in [0.29, 0.717) is 30.2 Å². The van der Waals surface area contributed by atoms with Gasteiger partial charge in [-0.15, -0.1) is 0 Å². The number of carbonyl (C=O) groups excluding carboxylic acids is 1. The van der Waals surface area contributed by atoms with Gasteiger partial charge < -0.3 is 19.5 Å². The maximum absolute atomic E-state index is 12.4. The lowest BCUT2D eigenvalue weighted by Crippen LogP contribution is -2.38. The number of piperidine rings is 1. The Kier molecular flexibility index (Phi) is 3.68. The largest absolute Gasteiger partial charge is 0.481 e. The predicted molar refractivity (Wildman–Crippen MR) is 73.4 cm³/mol. The first-order valence-electron chi connectivity index (χ1n) is 7.04. The summed E-state index contributed by atoms with van der Waals surface area (Å²) in [5.41, 5.74) is 0.580. The number of hydrogen-bond acceptors (Lipinski definition) is 4. The SMILES string of the molecule is O=C(O)CC1CCN(C(=O)c2ccc3c(c2)OCO3)CC1. The lowest BCUT2D eigenvalue weighted by Gasteiger charge is -2.31. The summed E-state index contributed by atoms with van der Waals surface area (Å²) in [6, 6.07) is 5.18. The third kappa shape index (κ3) is 2.94. The van der Waals surface area contributed by atoms with E-state index in [-0.39, 0.29) is 25.0 Å². The molecular weight excluding hydrogens is 274 g/mol. The first kappa shape index (κ1) is 13.7. The third-order valence-electron chi connectivity index (χ3n) is 3.98. The molecular formula is C15H17NO5. The molecule has 112 valence electrons. The summed E-state index contributed by atoms with van der Waals surface area (Å²) < 4.78 is 10.5. The van der Waals surface area contributed by atoms with Crippen LogP contribution in [0, 0.1) is 5.92 Å². The van der Waals surface area contributed by atoms with E-state index in [0.717, 1.165) is 12.8 Å². The van der Waals surface area contributed by atoms with E-state index < -0.39 is 5.97 Å². The highest BCUT2D eigenvalue weighted by atomic mass is 16.7. The van der Waals surface area contributed by atoms with Crippen molar-refractivity contribution in [2.24, 2.45) is 5.92 Å². The molecule has 3 rings (SSSR count). The highest BCUT2D eigenvalue weighted by Gasteiger charge is 2.26. The van der Waals surface area contributed by atoms with E-state index in [9.17, 15) is 9.59 Å². The summed E-state index contributed by atoms with van der Waals surface area (Å²) in [7, 11) is 0. The number of amides is 1. The highest BCUT2D eigenvalue weighted by Crippen LogP contribution is 2.33. The number of carbonyl (C=O) groups is 2.